The summed E-state index contributed by atoms with van der Waals surface area (Å²) in [6, 6.07) is 8.59. The molecule has 0 saturated carbocycles. The molecule has 0 fully saturated rings. The van der Waals surface area contributed by atoms with Crippen LogP contribution in [0.4, 0.5) is 0 Å². The monoisotopic (exact) mass is 326 g/mol. The van der Waals surface area contributed by atoms with Crippen LogP contribution >= 0.6 is 0 Å². The Balaban J connectivity index is 1.99. The molecule has 5 nitrogen and oxygen atoms in total. The number of carbonyl (C=O) groups is 1. The quantitative estimate of drug-likeness (QED) is 0.876. The Morgan fingerprint density at radius 2 is 1.88 bits per heavy atom. The van der Waals surface area contributed by atoms with Crippen LogP contribution in [0.15, 0.2) is 35.9 Å². The summed E-state index contributed by atoms with van der Waals surface area (Å²) in [7, 11) is 3.03. The zero-order valence-electron chi connectivity index (χ0n) is 13.8. The summed E-state index contributed by atoms with van der Waals surface area (Å²) in [6.07, 6.45) is 1.71. The highest BCUT2D eigenvalue weighted by molar-refractivity contribution is 6.14. The molecular formula is C19H18O5. The summed E-state index contributed by atoms with van der Waals surface area (Å²) < 4.78 is 16.0. The van der Waals surface area contributed by atoms with E-state index in [9.17, 15) is 9.90 Å². The first-order valence-corrected chi connectivity index (χ1v) is 7.47. The van der Waals surface area contributed by atoms with Gasteiger partial charge in [-0.25, -0.2) is 0 Å². The minimum Gasteiger partial charge on any atom is -0.504 e. The van der Waals surface area contributed by atoms with E-state index in [2.05, 4.69) is 0 Å². The van der Waals surface area contributed by atoms with Gasteiger partial charge in [0.2, 0.25) is 0 Å². The lowest BCUT2D eigenvalue weighted by molar-refractivity contribution is 0.0998. The second-order valence-corrected chi connectivity index (χ2v) is 5.56. The van der Waals surface area contributed by atoms with Crippen LogP contribution in [0, 0.1) is 6.92 Å². The Morgan fingerprint density at radius 3 is 2.54 bits per heavy atom. The van der Waals surface area contributed by atoms with Crippen molar-refractivity contribution < 1.29 is 24.1 Å². The van der Waals surface area contributed by atoms with Gasteiger partial charge < -0.3 is 19.3 Å². The summed E-state index contributed by atoms with van der Waals surface area (Å²) in [4.78, 5) is 12.8. The lowest BCUT2D eigenvalue weighted by Crippen LogP contribution is -2.19. The summed E-state index contributed by atoms with van der Waals surface area (Å²) in [6.45, 7) is 2.05. The fourth-order valence-electron chi connectivity index (χ4n) is 2.70. The van der Waals surface area contributed by atoms with Gasteiger partial charge in [0.05, 0.1) is 19.8 Å². The van der Waals surface area contributed by atoms with E-state index in [0.29, 0.717) is 33.9 Å². The molecule has 0 bridgehead atoms. The van der Waals surface area contributed by atoms with E-state index in [1.807, 2.05) is 13.0 Å². The molecule has 0 aliphatic carbocycles. The van der Waals surface area contributed by atoms with Crippen molar-refractivity contribution in [1.82, 2.24) is 0 Å². The fraction of sp³-hybridized carbons (Fsp3) is 0.211. The van der Waals surface area contributed by atoms with Gasteiger partial charge in [0.15, 0.2) is 28.8 Å². The number of fused-ring (bicyclic) bond motifs is 1. The summed E-state index contributed by atoms with van der Waals surface area (Å²) in [5.41, 5.74) is 2.62. The number of carbonyl (C=O) groups excluding carboxylic acids is 1. The van der Waals surface area contributed by atoms with Crippen molar-refractivity contribution in [3.8, 4) is 23.0 Å². The standard InChI is InChI=1S/C19H18O5/c1-11-6-14-18(21)13(10-24-19(14)17(7-11)23-3)8-12-4-5-16(22-2)15(20)9-12/h4-9,20H,10H2,1-3H3. The highest BCUT2D eigenvalue weighted by Gasteiger charge is 2.26. The zero-order chi connectivity index (χ0) is 17.3. The van der Waals surface area contributed by atoms with Crippen molar-refractivity contribution in [2.45, 2.75) is 6.92 Å². The molecule has 2 aromatic carbocycles. The van der Waals surface area contributed by atoms with Gasteiger partial charge >= 0.3 is 0 Å². The number of phenols is 1. The minimum atomic E-state index is -0.103. The number of Topliss-reactive ketones (excluding diaryl/α,β-unsaturated/α-hetero) is 1. The first kappa shape index (κ1) is 15.9. The van der Waals surface area contributed by atoms with Gasteiger partial charge in [0.25, 0.3) is 0 Å². The number of benzene rings is 2. The predicted molar refractivity (Wildman–Crippen MR) is 90.2 cm³/mol. The number of hydrogen-bond donors (Lipinski definition) is 1. The SMILES string of the molecule is COc1ccc(C=C2COc3c(OC)cc(C)cc3C2=O)cc1O. The average molecular weight is 326 g/mol. The van der Waals surface area contributed by atoms with Crippen molar-refractivity contribution in [2.75, 3.05) is 20.8 Å². The molecule has 2 aromatic rings. The van der Waals surface area contributed by atoms with Crippen molar-refractivity contribution in [3.63, 3.8) is 0 Å². The van der Waals surface area contributed by atoms with Crippen LogP contribution in [-0.4, -0.2) is 31.7 Å². The number of ketones is 1. The van der Waals surface area contributed by atoms with Crippen LogP contribution in [0.1, 0.15) is 21.5 Å². The van der Waals surface area contributed by atoms with Crippen LogP contribution in [0.2, 0.25) is 0 Å². The molecule has 0 amide bonds. The molecule has 0 atom stereocenters. The molecule has 1 aliphatic heterocycles. The minimum absolute atomic E-state index is 0.0222. The normalized spacial score (nSPS) is 15.0. The molecular weight excluding hydrogens is 308 g/mol. The van der Waals surface area contributed by atoms with Gasteiger partial charge in [-0.1, -0.05) is 6.07 Å². The van der Waals surface area contributed by atoms with E-state index in [0.717, 1.165) is 5.56 Å². The number of phenolic OH excluding ortho intramolecular Hbond substituents is 1. The Morgan fingerprint density at radius 1 is 1.12 bits per heavy atom. The first-order valence-electron chi connectivity index (χ1n) is 7.47. The third-order valence-electron chi connectivity index (χ3n) is 3.87. The third kappa shape index (κ3) is 2.80. The molecule has 0 unspecified atom stereocenters. The van der Waals surface area contributed by atoms with Gasteiger partial charge in [-0.2, -0.15) is 0 Å². The van der Waals surface area contributed by atoms with E-state index in [4.69, 9.17) is 14.2 Å². The summed E-state index contributed by atoms with van der Waals surface area (Å²) in [5.74, 6) is 1.33. The van der Waals surface area contributed by atoms with E-state index in [1.165, 1.54) is 7.11 Å². The first-order chi connectivity index (χ1) is 11.5. The summed E-state index contributed by atoms with van der Waals surface area (Å²) >= 11 is 0. The van der Waals surface area contributed by atoms with Crippen molar-refractivity contribution in [2.24, 2.45) is 0 Å². The Bertz CT molecular complexity index is 836. The van der Waals surface area contributed by atoms with Crippen molar-refractivity contribution in [1.29, 1.82) is 0 Å². The number of methoxy groups -OCH3 is 2. The molecule has 1 aliphatic rings. The fourth-order valence-corrected chi connectivity index (χ4v) is 2.70. The molecule has 0 saturated heterocycles. The maximum absolute atomic E-state index is 12.8. The zero-order valence-corrected chi connectivity index (χ0v) is 13.8. The molecule has 0 radical (unpaired) electrons. The predicted octanol–water partition coefficient (Wildman–Crippen LogP) is 3.38. The average Bonchev–Trinajstić information content (AvgIpc) is 2.57. The van der Waals surface area contributed by atoms with Gasteiger partial charge in [0.1, 0.15) is 6.61 Å². The van der Waals surface area contributed by atoms with Gasteiger partial charge in [-0.3, -0.25) is 4.79 Å². The van der Waals surface area contributed by atoms with Gasteiger partial charge in [0, 0.05) is 5.57 Å². The van der Waals surface area contributed by atoms with E-state index in [1.54, 1.807) is 37.5 Å². The van der Waals surface area contributed by atoms with Gasteiger partial charge in [-0.15, -0.1) is 0 Å². The number of aryl methyl sites for hydroxylation is 1. The number of aromatic hydroxyl groups is 1. The Kier molecular flexibility index (Phi) is 4.16. The second kappa shape index (κ2) is 6.28. The molecule has 1 N–H and O–H groups in total. The lowest BCUT2D eigenvalue weighted by atomic mass is 9.96. The molecule has 1 heterocycles. The third-order valence-corrected chi connectivity index (χ3v) is 3.87. The smallest absolute Gasteiger partial charge is 0.196 e. The topological polar surface area (TPSA) is 65.0 Å². The van der Waals surface area contributed by atoms with Crippen LogP contribution in [0.25, 0.3) is 6.08 Å². The maximum atomic E-state index is 12.8. The summed E-state index contributed by atoms with van der Waals surface area (Å²) in [5, 5.41) is 9.86. The highest BCUT2D eigenvalue weighted by atomic mass is 16.5. The molecule has 3 rings (SSSR count). The number of ether oxygens (including phenoxy) is 3. The molecule has 0 spiro atoms. The number of hydrogen-bond acceptors (Lipinski definition) is 5. The van der Waals surface area contributed by atoms with Crippen molar-refractivity contribution >= 4 is 11.9 Å². The molecule has 24 heavy (non-hydrogen) atoms. The van der Waals surface area contributed by atoms with Crippen molar-refractivity contribution in [3.05, 3.63) is 52.6 Å². The van der Waals surface area contributed by atoms with E-state index < -0.39 is 0 Å². The Hall–Kier alpha value is -2.95. The molecule has 5 heteroatoms. The number of rotatable bonds is 3. The van der Waals surface area contributed by atoms with Crippen LogP contribution in [0.3, 0.4) is 0 Å². The van der Waals surface area contributed by atoms with Crippen LogP contribution < -0.4 is 14.2 Å². The highest BCUT2D eigenvalue weighted by Crippen LogP contribution is 2.38. The van der Waals surface area contributed by atoms with Crippen LogP contribution in [-0.2, 0) is 0 Å². The molecule has 124 valence electrons. The van der Waals surface area contributed by atoms with E-state index in [-0.39, 0.29) is 18.1 Å². The van der Waals surface area contributed by atoms with Gasteiger partial charge in [-0.05, 0) is 48.4 Å². The second-order valence-electron chi connectivity index (χ2n) is 5.56. The maximum Gasteiger partial charge on any atom is 0.196 e. The van der Waals surface area contributed by atoms with Crippen LogP contribution in [0.5, 0.6) is 23.0 Å². The van der Waals surface area contributed by atoms with E-state index >= 15 is 0 Å². The largest absolute Gasteiger partial charge is 0.504 e. The lowest BCUT2D eigenvalue weighted by Gasteiger charge is -2.21. The Labute approximate surface area is 140 Å². The molecule has 0 aromatic heterocycles.